The molecule has 1 fully saturated rings. The van der Waals surface area contributed by atoms with E-state index in [1.54, 1.807) is 7.11 Å². The highest BCUT2D eigenvalue weighted by molar-refractivity contribution is 4.93. The van der Waals surface area contributed by atoms with E-state index in [9.17, 15) is 5.11 Å². The Hall–Kier alpha value is -0.160. The molecule has 0 spiro atoms. The van der Waals surface area contributed by atoms with E-state index in [4.69, 9.17) is 9.47 Å². The zero-order valence-corrected chi connectivity index (χ0v) is 10.7. The molecule has 0 saturated heterocycles. The maximum absolute atomic E-state index is 9.45. The number of nitrogens with one attached hydrogen (secondary N) is 1. The SMILES string of the molecule is CNC1(CO)CCCC(OC(C)COC)C1. The molecule has 0 aromatic carbocycles. The molecule has 0 aliphatic heterocycles. The van der Waals surface area contributed by atoms with Gasteiger partial charge in [0, 0.05) is 12.6 Å². The van der Waals surface area contributed by atoms with Crippen LogP contribution in [0.1, 0.15) is 32.6 Å². The van der Waals surface area contributed by atoms with Gasteiger partial charge in [-0.05, 0) is 39.7 Å². The Morgan fingerprint density at radius 1 is 1.56 bits per heavy atom. The van der Waals surface area contributed by atoms with Crippen molar-refractivity contribution in [1.82, 2.24) is 5.32 Å². The number of aliphatic hydroxyl groups is 1. The van der Waals surface area contributed by atoms with Crippen LogP contribution in [0.3, 0.4) is 0 Å². The number of hydrogen-bond donors (Lipinski definition) is 2. The molecule has 0 amide bonds. The highest BCUT2D eigenvalue weighted by Gasteiger charge is 2.35. The van der Waals surface area contributed by atoms with E-state index in [-0.39, 0.29) is 24.4 Å². The summed E-state index contributed by atoms with van der Waals surface area (Å²) < 4.78 is 11.0. The van der Waals surface area contributed by atoms with Crippen LogP contribution in [0.15, 0.2) is 0 Å². The van der Waals surface area contributed by atoms with Crippen LogP contribution in [-0.4, -0.2) is 50.2 Å². The Bertz CT molecular complexity index is 195. The van der Waals surface area contributed by atoms with Crippen LogP contribution < -0.4 is 5.32 Å². The summed E-state index contributed by atoms with van der Waals surface area (Å²) in [4.78, 5) is 0. The van der Waals surface area contributed by atoms with Gasteiger partial charge in [-0.25, -0.2) is 0 Å². The molecule has 3 unspecified atom stereocenters. The van der Waals surface area contributed by atoms with Crippen molar-refractivity contribution in [3.63, 3.8) is 0 Å². The minimum Gasteiger partial charge on any atom is -0.394 e. The number of likely N-dealkylation sites (N-methyl/N-ethyl adjacent to an activating group) is 1. The van der Waals surface area contributed by atoms with Crippen molar-refractivity contribution in [3.8, 4) is 0 Å². The molecule has 4 heteroatoms. The van der Waals surface area contributed by atoms with Gasteiger partial charge in [0.2, 0.25) is 0 Å². The molecule has 1 saturated carbocycles. The van der Waals surface area contributed by atoms with Gasteiger partial charge in [-0.1, -0.05) is 0 Å². The highest BCUT2D eigenvalue weighted by atomic mass is 16.5. The summed E-state index contributed by atoms with van der Waals surface area (Å²) in [6, 6.07) is 0. The molecule has 1 aliphatic rings. The molecule has 96 valence electrons. The van der Waals surface area contributed by atoms with Gasteiger partial charge < -0.3 is 19.9 Å². The molecule has 1 aliphatic carbocycles. The lowest BCUT2D eigenvalue weighted by Gasteiger charge is -2.40. The van der Waals surface area contributed by atoms with Gasteiger partial charge in [0.15, 0.2) is 0 Å². The lowest BCUT2D eigenvalue weighted by atomic mass is 9.80. The number of ether oxygens (including phenoxy) is 2. The third kappa shape index (κ3) is 3.70. The molecule has 0 heterocycles. The molecule has 3 atom stereocenters. The third-order valence-corrected chi connectivity index (χ3v) is 3.46. The smallest absolute Gasteiger partial charge is 0.0784 e. The van der Waals surface area contributed by atoms with Crippen molar-refractivity contribution in [1.29, 1.82) is 0 Å². The summed E-state index contributed by atoms with van der Waals surface area (Å²) in [5.41, 5.74) is -0.143. The quantitative estimate of drug-likeness (QED) is 0.714. The van der Waals surface area contributed by atoms with E-state index in [0.717, 1.165) is 25.7 Å². The van der Waals surface area contributed by atoms with E-state index >= 15 is 0 Å². The van der Waals surface area contributed by atoms with Gasteiger partial charge in [-0.15, -0.1) is 0 Å². The first-order valence-electron chi connectivity index (χ1n) is 6.10. The second-order valence-electron chi connectivity index (χ2n) is 4.81. The molecule has 0 bridgehead atoms. The highest BCUT2D eigenvalue weighted by Crippen LogP contribution is 2.30. The summed E-state index contributed by atoms with van der Waals surface area (Å²) in [6.07, 6.45) is 4.45. The van der Waals surface area contributed by atoms with Crippen LogP contribution in [0.2, 0.25) is 0 Å². The Morgan fingerprint density at radius 3 is 2.88 bits per heavy atom. The molecule has 16 heavy (non-hydrogen) atoms. The van der Waals surface area contributed by atoms with Crippen molar-refractivity contribution in [2.45, 2.75) is 50.4 Å². The van der Waals surface area contributed by atoms with Gasteiger partial charge >= 0.3 is 0 Å². The standard InChI is InChI=1S/C12H25NO3/c1-10(8-15-3)16-11-5-4-6-12(7-11,9-14)13-2/h10-11,13-14H,4-9H2,1-3H3. The Morgan fingerprint density at radius 2 is 2.31 bits per heavy atom. The summed E-state index contributed by atoms with van der Waals surface area (Å²) in [5.74, 6) is 0. The predicted molar refractivity (Wildman–Crippen MR) is 63.6 cm³/mol. The molecular formula is C12H25NO3. The maximum Gasteiger partial charge on any atom is 0.0784 e. The Kier molecular flexibility index (Phi) is 5.69. The third-order valence-electron chi connectivity index (χ3n) is 3.46. The topological polar surface area (TPSA) is 50.7 Å². The molecule has 0 radical (unpaired) electrons. The zero-order chi connectivity index (χ0) is 12.0. The number of hydrogen-bond acceptors (Lipinski definition) is 4. The van der Waals surface area contributed by atoms with Crippen molar-refractivity contribution in [2.24, 2.45) is 0 Å². The lowest BCUT2D eigenvalue weighted by Crippen LogP contribution is -2.52. The Balaban J connectivity index is 2.43. The van der Waals surface area contributed by atoms with Gasteiger partial charge in [-0.2, -0.15) is 0 Å². The average Bonchev–Trinajstić information content (AvgIpc) is 2.29. The van der Waals surface area contributed by atoms with E-state index in [2.05, 4.69) is 5.32 Å². The summed E-state index contributed by atoms with van der Waals surface area (Å²) >= 11 is 0. The van der Waals surface area contributed by atoms with Crippen molar-refractivity contribution >= 4 is 0 Å². The summed E-state index contributed by atoms with van der Waals surface area (Å²) in [5, 5.41) is 12.7. The van der Waals surface area contributed by atoms with E-state index in [1.165, 1.54) is 0 Å². The van der Waals surface area contributed by atoms with Gasteiger partial charge in [0.05, 0.1) is 25.4 Å². The molecule has 2 N–H and O–H groups in total. The zero-order valence-electron chi connectivity index (χ0n) is 10.7. The minimum absolute atomic E-state index is 0.126. The first-order chi connectivity index (χ1) is 7.65. The second-order valence-corrected chi connectivity index (χ2v) is 4.81. The first kappa shape index (κ1) is 13.9. The number of rotatable bonds is 6. The van der Waals surface area contributed by atoms with E-state index in [0.29, 0.717) is 6.61 Å². The van der Waals surface area contributed by atoms with Crippen molar-refractivity contribution < 1.29 is 14.6 Å². The van der Waals surface area contributed by atoms with E-state index in [1.807, 2.05) is 14.0 Å². The normalized spacial score (nSPS) is 32.6. The average molecular weight is 231 g/mol. The monoisotopic (exact) mass is 231 g/mol. The predicted octanol–water partition coefficient (Wildman–Crippen LogP) is 0.931. The van der Waals surface area contributed by atoms with Crippen LogP contribution in [0.4, 0.5) is 0 Å². The van der Waals surface area contributed by atoms with Crippen LogP contribution in [-0.2, 0) is 9.47 Å². The molecule has 1 rings (SSSR count). The molecule has 0 aromatic heterocycles. The minimum atomic E-state index is -0.143. The molecule has 0 aromatic rings. The fourth-order valence-electron chi connectivity index (χ4n) is 2.48. The fourth-order valence-corrected chi connectivity index (χ4v) is 2.48. The van der Waals surface area contributed by atoms with Gasteiger partial charge in [-0.3, -0.25) is 0 Å². The van der Waals surface area contributed by atoms with Gasteiger partial charge in [0.25, 0.3) is 0 Å². The van der Waals surface area contributed by atoms with Crippen LogP contribution in [0.5, 0.6) is 0 Å². The first-order valence-corrected chi connectivity index (χ1v) is 6.10. The van der Waals surface area contributed by atoms with Gasteiger partial charge in [0.1, 0.15) is 0 Å². The Labute approximate surface area is 98.3 Å². The number of methoxy groups -OCH3 is 1. The fraction of sp³-hybridized carbons (Fsp3) is 1.00. The van der Waals surface area contributed by atoms with Crippen LogP contribution in [0, 0.1) is 0 Å². The lowest BCUT2D eigenvalue weighted by molar-refractivity contribution is -0.0716. The van der Waals surface area contributed by atoms with Crippen LogP contribution >= 0.6 is 0 Å². The summed E-state index contributed by atoms with van der Waals surface area (Å²) in [6.45, 7) is 2.84. The second kappa shape index (κ2) is 6.55. The van der Waals surface area contributed by atoms with E-state index < -0.39 is 0 Å². The molecular weight excluding hydrogens is 206 g/mol. The van der Waals surface area contributed by atoms with Crippen LogP contribution in [0.25, 0.3) is 0 Å². The summed E-state index contributed by atoms with van der Waals surface area (Å²) in [7, 11) is 3.60. The largest absolute Gasteiger partial charge is 0.394 e. The molecule has 4 nitrogen and oxygen atoms in total. The number of aliphatic hydroxyl groups excluding tert-OH is 1. The maximum atomic E-state index is 9.45. The van der Waals surface area contributed by atoms with Crippen molar-refractivity contribution in [2.75, 3.05) is 27.4 Å². The van der Waals surface area contributed by atoms with Crippen molar-refractivity contribution in [3.05, 3.63) is 0 Å².